The number of amides is 2. The van der Waals surface area contributed by atoms with Crippen molar-refractivity contribution in [2.75, 3.05) is 13.1 Å². The summed E-state index contributed by atoms with van der Waals surface area (Å²) in [6.45, 7) is 6.04. The van der Waals surface area contributed by atoms with Crippen LogP contribution in [-0.2, 0) is 6.54 Å². The number of aromatic nitrogens is 1. The minimum absolute atomic E-state index is 0.00448. The molecule has 6 heteroatoms. The van der Waals surface area contributed by atoms with Crippen LogP contribution < -0.4 is 10.9 Å². The maximum Gasteiger partial charge on any atom is 0.317 e. The van der Waals surface area contributed by atoms with Crippen LogP contribution in [0.3, 0.4) is 0 Å². The molecule has 5 rings (SSSR count). The highest BCUT2D eigenvalue weighted by atomic mass is 32.1. The van der Waals surface area contributed by atoms with Gasteiger partial charge in [-0.15, -0.1) is 11.3 Å². The number of urea groups is 1. The average Bonchev–Trinajstić information content (AvgIpc) is 3.12. The Morgan fingerprint density at radius 2 is 1.97 bits per heavy atom. The van der Waals surface area contributed by atoms with Gasteiger partial charge in [0.2, 0.25) is 0 Å². The van der Waals surface area contributed by atoms with Gasteiger partial charge in [-0.1, -0.05) is 18.2 Å². The van der Waals surface area contributed by atoms with Crippen LogP contribution in [0.1, 0.15) is 31.9 Å². The molecule has 2 aliphatic rings. The molecule has 0 saturated carbocycles. The Morgan fingerprint density at radius 3 is 2.76 bits per heavy atom. The first kappa shape index (κ1) is 18.4. The lowest BCUT2D eigenvalue weighted by Gasteiger charge is -2.43. The Morgan fingerprint density at radius 1 is 1.14 bits per heavy atom. The molecular weight excluding hydrogens is 382 g/mol. The number of hydrogen-bond donors (Lipinski definition) is 1. The first-order valence-electron chi connectivity index (χ1n) is 10.3. The van der Waals surface area contributed by atoms with Crippen molar-refractivity contribution in [3.63, 3.8) is 0 Å². The van der Waals surface area contributed by atoms with Crippen LogP contribution in [0.25, 0.3) is 20.5 Å². The topological polar surface area (TPSA) is 54.3 Å². The number of thiophene rings is 1. The summed E-state index contributed by atoms with van der Waals surface area (Å²) < 4.78 is 3.22. The monoisotopic (exact) mass is 407 g/mol. The molecule has 2 atom stereocenters. The molecule has 0 spiro atoms. The molecule has 1 saturated heterocycles. The van der Waals surface area contributed by atoms with Crippen LogP contribution in [-0.4, -0.2) is 34.6 Å². The molecule has 0 aliphatic carbocycles. The number of nitrogens with zero attached hydrogens (tertiary/aromatic N) is 2. The highest BCUT2D eigenvalue weighted by molar-refractivity contribution is 7.22. The van der Waals surface area contributed by atoms with Gasteiger partial charge in [0, 0.05) is 58.5 Å². The van der Waals surface area contributed by atoms with E-state index >= 15 is 0 Å². The van der Waals surface area contributed by atoms with Gasteiger partial charge in [-0.25, -0.2) is 4.79 Å². The van der Waals surface area contributed by atoms with Crippen molar-refractivity contribution in [2.24, 2.45) is 5.92 Å². The largest absolute Gasteiger partial charge is 0.336 e. The van der Waals surface area contributed by atoms with Crippen LogP contribution in [0.15, 0.2) is 47.3 Å². The van der Waals surface area contributed by atoms with Crippen molar-refractivity contribution in [2.45, 2.75) is 38.8 Å². The van der Waals surface area contributed by atoms with Crippen molar-refractivity contribution in [1.82, 2.24) is 14.8 Å². The number of nitrogens with one attached hydrogen (secondary N) is 1. The molecule has 0 radical (unpaired) electrons. The number of rotatable bonds is 2. The van der Waals surface area contributed by atoms with Crippen LogP contribution in [0.5, 0.6) is 0 Å². The lowest BCUT2D eigenvalue weighted by atomic mass is 9.81. The van der Waals surface area contributed by atoms with Gasteiger partial charge in [0.25, 0.3) is 5.56 Å². The van der Waals surface area contributed by atoms with Crippen molar-refractivity contribution in [3.05, 3.63) is 58.5 Å². The van der Waals surface area contributed by atoms with Crippen LogP contribution in [0.2, 0.25) is 0 Å². The molecule has 150 valence electrons. The number of fused-ring (bicyclic) bond motifs is 5. The van der Waals surface area contributed by atoms with Crippen molar-refractivity contribution in [3.8, 4) is 10.4 Å². The van der Waals surface area contributed by atoms with Gasteiger partial charge < -0.3 is 14.8 Å². The average molecular weight is 408 g/mol. The number of piperidine rings is 1. The van der Waals surface area contributed by atoms with E-state index < -0.39 is 0 Å². The van der Waals surface area contributed by atoms with E-state index in [1.165, 1.54) is 15.0 Å². The van der Waals surface area contributed by atoms with Gasteiger partial charge in [-0.3, -0.25) is 4.79 Å². The van der Waals surface area contributed by atoms with E-state index in [4.69, 9.17) is 0 Å². The van der Waals surface area contributed by atoms with Crippen LogP contribution >= 0.6 is 11.3 Å². The Balaban J connectivity index is 1.57. The normalized spacial score (nSPS) is 20.7. The third kappa shape index (κ3) is 3.25. The number of benzene rings is 1. The maximum absolute atomic E-state index is 12.7. The van der Waals surface area contributed by atoms with Gasteiger partial charge in [0.15, 0.2) is 0 Å². The third-order valence-electron chi connectivity index (χ3n) is 5.98. The molecule has 1 aromatic carbocycles. The molecule has 1 fully saturated rings. The molecule has 5 nitrogen and oxygen atoms in total. The van der Waals surface area contributed by atoms with Gasteiger partial charge in [0.1, 0.15) is 0 Å². The minimum Gasteiger partial charge on any atom is -0.336 e. The summed E-state index contributed by atoms with van der Waals surface area (Å²) >= 11 is 1.77. The number of likely N-dealkylation sites (tertiary alicyclic amines) is 1. The summed E-state index contributed by atoms with van der Waals surface area (Å²) in [6, 6.07) is 14.4. The standard InChI is InChI=1S/C23H25N3O2S/c1-14(2)24-23(28)25-11-15-9-17(13-25)22-18(7-8-21(27)26(22)12-15)20-10-16-5-3-4-6-19(16)29-20/h3-8,10,14-15,17H,9,11-13H2,1-2H3,(H,24,28)/t15-,17-/m1/s1. The van der Waals surface area contributed by atoms with Crippen molar-refractivity contribution < 1.29 is 4.79 Å². The molecule has 3 aromatic rings. The van der Waals surface area contributed by atoms with E-state index in [1.54, 1.807) is 17.4 Å². The first-order valence-corrected chi connectivity index (χ1v) is 11.1. The maximum atomic E-state index is 12.7. The molecule has 0 unspecified atom stereocenters. The van der Waals surface area contributed by atoms with Gasteiger partial charge in [-0.2, -0.15) is 0 Å². The van der Waals surface area contributed by atoms with E-state index in [-0.39, 0.29) is 23.6 Å². The van der Waals surface area contributed by atoms with Crippen LogP contribution in [0.4, 0.5) is 4.79 Å². The number of pyridine rings is 1. The summed E-state index contributed by atoms with van der Waals surface area (Å²) in [5.74, 6) is 0.518. The zero-order valence-electron chi connectivity index (χ0n) is 16.7. The second kappa shape index (κ2) is 7.02. The summed E-state index contributed by atoms with van der Waals surface area (Å²) in [5, 5.41) is 4.25. The third-order valence-corrected chi connectivity index (χ3v) is 7.13. The molecule has 2 aromatic heterocycles. The second-order valence-corrected chi connectivity index (χ2v) is 9.62. The lowest BCUT2D eigenvalue weighted by molar-refractivity contribution is 0.130. The quantitative estimate of drug-likeness (QED) is 0.690. The fourth-order valence-corrected chi connectivity index (χ4v) is 5.94. The first-order chi connectivity index (χ1) is 14.0. The van der Waals surface area contributed by atoms with E-state index in [0.717, 1.165) is 17.7 Å². The Bertz CT molecular complexity index is 1110. The second-order valence-electron chi connectivity index (χ2n) is 8.54. The summed E-state index contributed by atoms with van der Waals surface area (Å²) in [5.41, 5.74) is 2.31. The Labute approximate surface area is 174 Å². The predicted octanol–water partition coefficient (Wildman–Crippen LogP) is 4.27. The van der Waals surface area contributed by atoms with E-state index in [0.29, 0.717) is 25.6 Å². The smallest absolute Gasteiger partial charge is 0.317 e. The van der Waals surface area contributed by atoms with E-state index in [1.807, 2.05) is 29.4 Å². The SMILES string of the molecule is CC(C)NC(=O)N1C[C@H]2C[C@H](C1)c1c(-c3cc4ccccc4s3)ccc(=O)n1C2. The molecule has 1 N–H and O–H groups in total. The summed E-state index contributed by atoms with van der Waals surface area (Å²) in [7, 11) is 0. The number of hydrogen-bond acceptors (Lipinski definition) is 3. The van der Waals surface area contributed by atoms with Gasteiger partial charge in [0.05, 0.1) is 0 Å². The van der Waals surface area contributed by atoms with Gasteiger partial charge in [-0.05, 0) is 49.8 Å². The minimum atomic E-state index is 0.00448. The zero-order chi connectivity index (χ0) is 20.1. The van der Waals surface area contributed by atoms with Crippen LogP contribution in [0, 0.1) is 5.92 Å². The van der Waals surface area contributed by atoms with E-state index in [2.05, 4.69) is 35.6 Å². The van der Waals surface area contributed by atoms with Crippen molar-refractivity contribution >= 4 is 27.5 Å². The predicted molar refractivity (Wildman–Crippen MR) is 118 cm³/mol. The fourth-order valence-electron chi connectivity index (χ4n) is 4.84. The molecular formula is C23H25N3O2S. The molecule has 29 heavy (non-hydrogen) atoms. The highest BCUT2D eigenvalue weighted by Gasteiger charge is 2.38. The Hall–Kier alpha value is -2.60. The summed E-state index contributed by atoms with van der Waals surface area (Å²) in [6.07, 6.45) is 1.03. The molecule has 2 bridgehead atoms. The van der Waals surface area contributed by atoms with E-state index in [9.17, 15) is 9.59 Å². The summed E-state index contributed by atoms with van der Waals surface area (Å²) in [4.78, 5) is 28.5. The van der Waals surface area contributed by atoms with Crippen molar-refractivity contribution in [1.29, 1.82) is 0 Å². The number of carbonyl (C=O) groups is 1. The molecule has 2 aliphatic heterocycles. The fraction of sp³-hybridized carbons (Fsp3) is 0.391. The molecule has 4 heterocycles. The zero-order valence-corrected chi connectivity index (χ0v) is 17.5. The molecule has 2 amide bonds. The number of carbonyl (C=O) groups excluding carboxylic acids is 1. The lowest BCUT2D eigenvalue weighted by Crippen LogP contribution is -2.53. The van der Waals surface area contributed by atoms with Gasteiger partial charge >= 0.3 is 6.03 Å². The highest BCUT2D eigenvalue weighted by Crippen LogP contribution is 2.42. The Kier molecular flexibility index (Phi) is 4.46.